The predicted octanol–water partition coefficient (Wildman–Crippen LogP) is 3.09. The number of hydrogen-bond donors (Lipinski definition) is 2. The molecule has 2 N–H and O–H groups in total. The molecule has 0 aliphatic rings. The number of aryl methyl sites for hydroxylation is 1. The number of carbonyl (C=O) groups excluding carboxylic acids is 1. The Bertz CT molecular complexity index is 407. The molecule has 4 heteroatoms. The first kappa shape index (κ1) is 14.8. The van der Waals surface area contributed by atoms with Crippen LogP contribution in [-0.4, -0.2) is 23.4 Å². The van der Waals surface area contributed by atoms with Crippen LogP contribution in [0.4, 0.5) is 0 Å². The fourth-order valence-electron chi connectivity index (χ4n) is 1.77. The second kappa shape index (κ2) is 7.27. The Labute approximate surface area is 113 Å². The summed E-state index contributed by atoms with van der Waals surface area (Å²) in [7, 11) is 0. The van der Waals surface area contributed by atoms with Gasteiger partial charge >= 0.3 is 0 Å². The number of halogens is 1. The fourth-order valence-corrected chi connectivity index (χ4v) is 2.08. The zero-order chi connectivity index (χ0) is 13.5. The highest BCUT2D eigenvalue weighted by Crippen LogP contribution is 2.18. The lowest BCUT2D eigenvalue weighted by Crippen LogP contribution is -2.29. The molecule has 1 rings (SSSR count). The van der Waals surface area contributed by atoms with Crippen molar-refractivity contribution in [1.29, 1.82) is 0 Å². The minimum absolute atomic E-state index is 0.0258. The molecule has 1 atom stereocenters. The number of carbonyl (C=O) groups is 1. The van der Waals surface area contributed by atoms with Gasteiger partial charge in [0.05, 0.1) is 5.56 Å². The summed E-state index contributed by atoms with van der Waals surface area (Å²) < 4.78 is 0. The van der Waals surface area contributed by atoms with Crippen LogP contribution in [0, 0.1) is 12.8 Å². The van der Waals surface area contributed by atoms with E-state index in [0.717, 1.165) is 18.4 Å². The highest BCUT2D eigenvalue weighted by atomic mass is 35.5. The Morgan fingerprint density at radius 1 is 1.50 bits per heavy atom. The molecular formula is C14H20ClNO2. The van der Waals surface area contributed by atoms with E-state index >= 15 is 0 Å². The average Bonchev–Trinajstić information content (AvgIpc) is 2.34. The normalized spacial score (nSPS) is 12.2. The first-order chi connectivity index (χ1) is 8.58. The molecule has 3 nitrogen and oxygen atoms in total. The van der Waals surface area contributed by atoms with E-state index in [4.69, 9.17) is 11.6 Å². The van der Waals surface area contributed by atoms with Gasteiger partial charge in [0, 0.05) is 12.4 Å². The second-order valence-electron chi connectivity index (χ2n) is 4.48. The summed E-state index contributed by atoms with van der Waals surface area (Å²) in [4.78, 5) is 11.9. The molecule has 0 aliphatic heterocycles. The van der Waals surface area contributed by atoms with Crippen molar-refractivity contribution >= 4 is 17.5 Å². The van der Waals surface area contributed by atoms with E-state index in [0.29, 0.717) is 23.9 Å². The lowest BCUT2D eigenvalue weighted by atomic mass is 10.0. The lowest BCUT2D eigenvalue weighted by molar-refractivity contribution is 0.0944. The van der Waals surface area contributed by atoms with Gasteiger partial charge in [-0.25, -0.2) is 0 Å². The predicted molar refractivity (Wildman–Crippen MR) is 74.3 cm³/mol. The highest BCUT2D eigenvalue weighted by Gasteiger charge is 2.13. The third-order valence-corrected chi connectivity index (χ3v) is 3.26. The standard InChI is InChI=1S/C14H20ClNO2/c1-3-11(6-7-15)9-16-14(18)12-5-4-10(2)8-13(12)17/h4-5,8,11,17H,3,6-7,9H2,1-2H3,(H,16,18). The van der Waals surface area contributed by atoms with Crippen LogP contribution in [0.25, 0.3) is 0 Å². The number of aromatic hydroxyl groups is 1. The van der Waals surface area contributed by atoms with Crippen LogP contribution in [0.2, 0.25) is 0 Å². The van der Waals surface area contributed by atoms with Crippen LogP contribution in [-0.2, 0) is 0 Å². The third-order valence-electron chi connectivity index (χ3n) is 3.04. The summed E-state index contributed by atoms with van der Waals surface area (Å²) in [5.41, 5.74) is 1.25. The van der Waals surface area contributed by atoms with Gasteiger partial charge in [-0.2, -0.15) is 0 Å². The molecule has 1 unspecified atom stereocenters. The van der Waals surface area contributed by atoms with E-state index in [9.17, 15) is 9.90 Å². The molecule has 0 bridgehead atoms. The second-order valence-corrected chi connectivity index (χ2v) is 4.86. The van der Waals surface area contributed by atoms with Crippen LogP contribution < -0.4 is 5.32 Å². The quantitative estimate of drug-likeness (QED) is 0.780. The van der Waals surface area contributed by atoms with Crippen molar-refractivity contribution < 1.29 is 9.90 Å². The molecule has 1 aromatic rings. The molecule has 0 fully saturated rings. The highest BCUT2D eigenvalue weighted by molar-refractivity contribution is 6.17. The summed E-state index contributed by atoms with van der Waals surface area (Å²) in [6.45, 7) is 4.54. The number of benzene rings is 1. The van der Waals surface area contributed by atoms with Crippen LogP contribution in [0.1, 0.15) is 35.7 Å². The zero-order valence-corrected chi connectivity index (χ0v) is 11.6. The number of rotatable bonds is 6. The number of phenolic OH excluding ortho intramolecular Hbond substituents is 1. The number of nitrogens with one attached hydrogen (secondary N) is 1. The molecule has 0 saturated heterocycles. The van der Waals surface area contributed by atoms with E-state index in [1.54, 1.807) is 12.1 Å². The van der Waals surface area contributed by atoms with E-state index in [2.05, 4.69) is 12.2 Å². The fraction of sp³-hybridized carbons (Fsp3) is 0.500. The first-order valence-electron chi connectivity index (χ1n) is 6.22. The monoisotopic (exact) mass is 269 g/mol. The van der Waals surface area contributed by atoms with E-state index in [1.807, 2.05) is 13.0 Å². The summed E-state index contributed by atoms with van der Waals surface area (Å²) >= 11 is 5.70. The van der Waals surface area contributed by atoms with Crippen molar-refractivity contribution in [3.8, 4) is 5.75 Å². The van der Waals surface area contributed by atoms with Gasteiger partial charge in [-0.3, -0.25) is 4.79 Å². The lowest BCUT2D eigenvalue weighted by Gasteiger charge is -2.14. The molecule has 0 aromatic heterocycles. The molecular weight excluding hydrogens is 250 g/mol. The minimum atomic E-state index is -0.236. The van der Waals surface area contributed by atoms with Gasteiger partial charge in [0.15, 0.2) is 0 Å². The first-order valence-corrected chi connectivity index (χ1v) is 6.75. The topological polar surface area (TPSA) is 49.3 Å². The Morgan fingerprint density at radius 2 is 2.22 bits per heavy atom. The molecule has 0 radical (unpaired) electrons. The van der Waals surface area contributed by atoms with Gasteiger partial charge in [0.25, 0.3) is 5.91 Å². The molecule has 18 heavy (non-hydrogen) atoms. The van der Waals surface area contributed by atoms with Crippen molar-refractivity contribution in [2.75, 3.05) is 12.4 Å². The largest absolute Gasteiger partial charge is 0.507 e. The SMILES string of the molecule is CCC(CCCl)CNC(=O)c1ccc(C)cc1O. The zero-order valence-electron chi connectivity index (χ0n) is 10.9. The Hall–Kier alpha value is -1.22. The average molecular weight is 270 g/mol. The molecule has 0 saturated carbocycles. The van der Waals surface area contributed by atoms with Crippen LogP contribution >= 0.6 is 11.6 Å². The maximum atomic E-state index is 11.9. The van der Waals surface area contributed by atoms with Crippen LogP contribution in [0.3, 0.4) is 0 Å². The Balaban J connectivity index is 2.59. The smallest absolute Gasteiger partial charge is 0.255 e. The summed E-state index contributed by atoms with van der Waals surface area (Å²) in [5, 5.41) is 12.5. The van der Waals surface area contributed by atoms with E-state index < -0.39 is 0 Å². The molecule has 1 amide bonds. The van der Waals surface area contributed by atoms with Crippen LogP contribution in [0.5, 0.6) is 5.75 Å². The van der Waals surface area contributed by atoms with Crippen LogP contribution in [0.15, 0.2) is 18.2 Å². The summed E-state index contributed by atoms with van der Waals surface area (Å²) in [6, 6.07) is 5.04. The number of hydrogen-bond acceptors (Lipinski definition) is 2. The van der Waals surface area contributed by atoms with Gasteiger partial charge in [0.2, 0.25) is 0 Å². The van der Waals surface area contributed by atoms with Gasteiger partial charge in [-0.05, 0) is 37.0 Å². The summed E-state index contributed by atoms with van der Waals surface area (Å²) in [5.74, 6) is 0.780. The minimum Gasteiger partial charge on any atom is -0.507 e. The molecule has 100 valence electrons. The maximum absolute atomic E-state index is 11.9. The summed E-state index contributed by atoms with van der Waals surface area (Å²) in [6.07, 6.45) is 1.87. The number of alkyl halides is 1. The van der Waals surface area contributed by atoms with E-state index in [-0.39, 0.29) is 11.7 Å². The van der Waals surface area contributed by atoms with Crippen molar-refractivity contribution in [1.82, 2.24) is 5.32 Å². The third kappa shape index (κ3) is 4.22. The van der Waals surface area contributed by atoms with Gasteiger partial charge in [0.1, 0.15) is 5.75 Å². The number of phenols is 1. The molecule has 0 spiro atoms. The van der Waals surface area contributed by atoms with Crippen molar-refractivity contribution in [3.63, 3.8) is 0 Å². The van der Waals surface area contributed by atoms with Gasteiger partial charge < -0.3 is 10.4 Å². The van der Waals surface area contributed by atoms with Gasteiger partial charge in [-0.1, -0.05) is 19.4 Å². The maximum Gasteiger partial charge on any atom is 0.255 e. The Kier molecular flexibility index (Phi) is 5.99. The number of amides is 1. The van der Waals surface area contributed by atoms with Crippen molar-refractivity contribution in [2.45, 2.75) is 26.7 Å². The molecule has 0 aliphatic carbocycles. The van der Waals surface area contributed by atoms with E-state index in [1.165, 1.54) is 0 Å². The Morgan fingerprint density at radius 3 is 2.78 bits per heavy atom. The molecule has 1 aromatic carbocycles. The van der Waals surface area contributed by atoms with Gasteiger partial charge in [-0.15, -0.1) is 11.6 Å². The van der Waals surface area contributed by atoms with Crippen molar-refractivity contribution in [2.24, 2.45) is 5.92 Å². The molecule has 0 heterocycles. The van der Waals surface area contributed by atoms with Crippen molar-refractivity contribution in [3.05, 3.63) is 29.3 Å².